The molecule has 0 unspecified atom stereocenters. The highest BCUT2D eigenvalue weighted by Gasteiger charge is 2.31. The van der Waals surface area contributed by atoms with E-state index in [0.717, 1.165) is 18.3 Å². The van der Waals surface area contributed by atoms with Crippen LogP contribution in [0.4, 0.5) is 29.1 Å². The summed E-state index contributed by atoms with van der Waals surface area (Å²) in [5.41, 5.74) is -0.151. The molecule has 3 rings (SSSR count). The predicted molar refractivity (Wildman–Crippen MR) is 77.9 cm³/mol. The van der Waals surface area contributed by atoms with Gasteiger partial charge in [0, 0.05) is 31.9 Å². The van der Waals surface area contributed by atoms with Crippen LogP contribution in [0.1, 0.15) is 5.56 Å². The zero-order valence-corrected chi connectivity index (χ0v) is 12.1. The van der Waals surface area contributed by atoms with Gasteiger partial charge in [-0.25, -0.2) is 14.4 Å². The van der Waals surface area contributed by atoms with Crippen molar-refractivity contribution in [3.05, 3.63) is 48.2 Å². The first-order valence-electron chi connectivity index (χ1n) is 7.08. The average Bonchev–Trinajstić information content (AvgIpc) is 2.55. The first kappa shape index (κ1) is 15.5. The van der Waals surface area contributed by atoms with E-state index in [1.54, 1.807) is 11.0 Å². The van der Waals surface area contributed by atoms with Crippen LogP contribution in [-0.2, 0) is 6.18 Å². The number of benzene rings is 1. The molecule has 0 atom stereocenters. The molecule has 1 fully saturated rings. The summed E-state index contributed by atoms with van der Waals surface area (Å²) in [7, 11) is 0. The van der Waals surface area contributed by atoms with Gasteiger partial charge in [0.1, 0.15) is 6.33 Å². The van der Waals surface area contributed by atoms with Crippen molar-refractivity contribution >= 4 is 11.5 Å². The third-order valence-corrected chi connectivity index (χ3v) is 3.77. The fraction of sp³-hybridized carbons (Fsp3) is 0.333. The van der Waals surface area contributed by atoms with E-state index in [-0.39, 0.29) is 5.82 Å². The smallest absolute Gasteiger partial charge is 0.368 e. The van der Waals surface area contributed by atoms with E-state index in [1.165, 1.54) is 12.4 Å². The molecule has 0 aliphatic carbocycles. The fourth-order valence-electron chi connectivity index (χ4n) is 2.59. The maximum Gasteiger partial charge on any atom is 0.416 e. The monoisotopic (exact) mass is 326 g/mol. The van der Waals surface area contributed by atoms with Gasteiger partial charge in [0.25, 0.3) is 0 Å². The highest BCUT2D eigenvalue weighted by molar-refractivity contribution is 5.51. The van der Waals surface area contributed by atoms with E-state index in [0.29, 0.717) is 31.9 Å². The summed E-state index contributed by atoms with van der Waals surface area (Å²) < 4.78 is 52.0. The van der Waals surface area contributed by atoms with Gasteiger partial charge >= 0.3 is 6.18 Å². The van der Waals surface area contributed by atoms with Crippen LogP contribution in [-0.4, -0.2) is 36.1 Å². The number of nitrogens with zero attached hydrogens (tertiary/aromatic N) is 4. The summed E-state index contributed by atoms with van der Waals surface area (Å²) in [6.45, 7) is 1.93. The maximum absolute atomic E-state index is 13.7. The second kappa shape index (κ2) is 6.02. The number of alkyl halides is 3. The molecule has 1 aromatic heterocycles. The van der Waals surface area contributed by atoms with E-state index < -0.39 is 17.6 Å². The Kier molecular flexibility index (Phi) is 4.06. The third kappa shape index (κ3) is 3.35. The van der Waals surface area contributed by atoms with Crippen LogP contribution >= 0.6 is 0 Å². The number of anilines is 2. The van der Waals surface area contributed by atoms with Crippen molar-refractivity contribution in [1.82, 2.24) is 9.97 Å². The number of halogens is 4. The van der Waals surface area contributed by atoms with Crippen LogP contribution in [0.3, 0.4) is 0 Å². The van der Waals surface area contributed by atoms with Crippen LogP contribution in [0.25, 0.3) is 0 Å². The standard InChI is InChI=1S/C15H14F4N4/c16-13-9-20-10-21-14(13)23-6-4-22(5-7-23)12-3-1-2-11(8-12)15(17,18)19/h1-3,8-10H,4-7H2. The van der Waals surface area contributed by atoms with Gasteiger partial charge in [0.2, 0.25) is 0 Å². The number of piperazine rings is 1. The van der Waals surface area contributed by atoms with Crippen molar-refractivity contribution in [2.45, 2.75) is 6.18 Å². The largest absolute Gasteiger partial charge is 0.416 e. The van der Waals surface area contributed by atoms with E-state index in [9.17, 15) is 17.6 Å². The Balaban J connectivity index is 1.71. The van der Waals surface area contributed by atoms with Gasteiger partial charge in [0.05, 0.1) is 11.8 Å². The Hall–Kier alpha value is -2.38. The van der Waals surface area contributed by atoms with Crippen LogP contribution in [0, 0.1) is 5.82 Å². The molecule has 4 nitrogen and oxygen atoms in total. The summed E-state index contributed by atoms with van der Waals surface area (Å²) in [6, 6.07) is 5.24. The molecule has 0 radical (unpaired) electrons. The third-order valence-electron chi connectivity index (χ3n) is 3.77. The molecule has 122 valence electrons. The molecule has 0 bridgehead atoms. The lowest BCUT2D eigenvalue weighted by Crippen LogP contribution is -2.47. The first-order chi connectivity index (χ1) is 10.9. The Morgan fingerprint density at radius 1 is 1.00 bits per heavy atom. The summed E-state index contributed by atoms with van der Waals surface area (Å²) in [5, 5.41) is 0. The van der Waals surface area contributed by atoms with E-state index in [4.69, 9.17) is 0 Å². The summed E-state index contributed by atoms with van der Waals surface area (Å²) in [4.78, 5) is 11.1. The van der Waals surface area contributed by atoms with E-state index in [2.05, 4.69) is 9.97 Å². The topological polar surface area (TPSA) is 32.3 Å². The quantitative estimate of drug-likeness (QED) is 0.794. The molecule has 1 aliphatic rings. The molecular formula is C15H14F4N4. The molecule has 1 saturated heterocycles. The minimum atomic E-state index is -4.36. The molecule has 0 spiro atoms. The normalized spacial score (nSPS) is 15.8. The lowest BCUT2D eigenvalue weighted by atomic mass is 10.1. The molecule has 2 aromatic rings. The van der Waals surface area contributed by atoms with Crippen LogP contribution in [0.2, 0.25) is 0 Å². The zero-order valence-electron chi connectivity index (χ0n) is 12.1. The second-order valence-corrected chi connectivity index (χ2v) is 5.22. The number of rotatable bonds is 2. The molecule has 23 heavy (non-hydrogen) atoms. The van der Waals surface area contributed by atoms with Crippen molar-refractivity contribution in [1.29, 1.82) is 0 Å². The SMILES string of the molecule is Fc1cncnc1N1CCN(c2cccc(C(F)(F)F)c2)CC1. The van der Waals surface area contributed by atoms with Gasteiger partial charge in [0.15, 0.2) is 11.6 Å². The van der Waals surface area contributed by atoms with Gasteiger partial charge in [-0.1, -0.05) is 6.07 Å². The van der Waals surface area contributed by atoms with Crippen LogP contribution in [0.5, 0.6) is 0 Å². The van der Waals surface area contributed by atoms with Gasteiger partial charge < -0.3 is 9.80 Å². The molecule has 2 heterocycles. The molecule has 0 saturated carbocycles. The van der Waals surface area contributed by atoms with Crippen LogP contribution < -0.4 is 9.80 Å². The van der Waals surface area contributed by atoms with Gasteiger partial charge in [-0.3, -0.25) is 0 Å². The number of hydrogen-bond donors (Lipinski definition) is 0. The van der Waals surface area contributed by atoms with Gasteiger partial charge in [-0.15, -0.1) is 0 Å². The number of aromatic nitrogens is 2. The highest BCUT2D eigenvalue weighted by atomic mass is 19.4. The molecule has 0 amide bonds. The zero-order chi connectivity index (χ0) is 16.4. The Bertz CT molecular complexity index is 681. The summed E-state index contributed by atoms with van der Waals surface area (Å²) in [5.74, 6) is -0.274. The van der Waals surface area contributed by atoms with Crippen molar-refractivity contribution in [3.63, 3.8) is 0 Å². The van der Waals surface area contributed by atoms with E-state index >= 15 is 0 Å². The van der Waals surface area contributed by atoms with E-state index in [1.807, 2.05) is 4.90 Å². The molecule has 1 aliphatic heterocycles. The first-order valence-corrected chi connectivity index (χ1v) is 7.08. The minimum Gasteiger partial charge on any atom is -0.368 e. The second-order valence-electron chi connectivity index (χ2n) is 5.22. The highest BCUT2D eigenvalue weighted by Crippen LogP contribution is 2.32. The Labute approximate surface area is 130 Å². The van der Waals surface area contributed by atoms with Crippen molar-refractivity contribution < 1.29 is 17.6 Å². The maximum atomic E-state index is 13.7. The Morgan fingerprint density at radius 3 is 2.35 bits per heavy atom. The fourth-order valence-corrected chi connectivity index (χ4v) is 2.59. The van der Waals surface area contributed by atoms with Crippen molar-refractivity contribution in [2.24, 2.45) is 0 Å². The van der Waals surface area contributed by atoms with Gasteiger partial charge in [-0.05, 0) is 18.2 Å². The summed E-state index contributed by atoms with van der Waals surface area (Å²) in [6.07, 6.45) is -1.99. The lowest BCUT2D eigenvalue weighted by molar-refractivity contribution is -0.137. The lowest BCUT2D eigenvalue weighted by Gasteiger charge is -2.36. The molecule has 8 heteroatoms. The summed E-state index contributed by atoms with van der Waals surface area (Å²) >= 11 is 0. The Morgan fingerprint density at radius 2 is 1.70 bits per heavy atom. The van der Waals surface area contributed by atoms with Crippen LogP contribution in [0.15, 0.2) is 36.8 Å². The predicted octanol–water partition coefficient (Wildman–Crippen LogP) is 2.96. The average molecular weight is 326 g/mol. The minimum absolute atomic E-state index is 0.226. The van der Waals surface area contributed by atoms with Gasteiger partial charge in [-0.2, -0.15) is 13.2 Å². The van der Waals surface area contributed by atoms with Crippen molar-refractivity contribution in [3.8, 4) is 0 Å². The molecule has 1 aromatic carbocycles. The van der Waals surface area contributed by atoms with Crippen molar-refractivity contribution in [2.75, 3.05) is 36.0 Å². The number of hydrogen-bond acceptors (Lipinski definition) is 4. The molecule has 0 N–H and O–H groups in total. The molecular weight excluding hydrogens is 312 g/mol.